The monoisotopic (exact) mass is 486 g/mol. The summed E-state index contributed by atoms with van der Waals surface area (Å²) >= 11 is 0. The number of benzene rings is 2. The van der Waals surface area contributed by atoms with E-state index in [0.29, 0.717) is 40.3 Å². The van der Waals surface area contributed by atoms with Crippen LogP contribution in [0.25, 0.3) is 27.8 Å². The van der Waals surface area contributed by atoms with Crippen molar-refractivity contribution >= 4 is 33.7 Å². The van der Waals surface area contributed by atoms with Gasteiger partial charge >= 0.3 is 0 Å². The third kappa shape index (κ3) is 4.14. The Kier molecular flexibility index (Phi) is 5.54. The summed E-state index contributed by atoms with van der Waals surface area (Å²) in [5.74, 6) is -0.238. The van der Waals surface area contributed by atoms with Crippen LogP contribution in [0, 0.1) is 0 Å². The van der Waals surface area contributed by atoms with Gasteiger partial charge in [-0.1, -0.05) is 30.3 Å². The van der Waals surface area contributed by atoms with Crippen LogP contribution < -0.4 is 10.9 Å². The molecule has 0 aliphatic heterocycles. The quantitative estimate of drug-likeness (QED) is 0.387. The van der Waals surface area contributed by atoms with Gasteiger partial charge in [0.1, 0.15) is 16.9 Å². The first-order valence-electron chi connectivity index (χ1n) is 11.8. The van der Waals surface area contributed by atoms with Gasteiger partial charge in [0, 0.05) is 48.6 Å². The van der Waals surface area contributed by atoms with E-state index in [-0.39, 0.29) is 11.5 Å². The number of carbonyl (C=O) groups excluding carboxylic acids is 1. The van der Waals surface area contributed by atoms with E-state index in [0.717, 1.165) is 16.5 Å². The van der Waals surface area contributed by atoms with Crippen LogP contribution in [0.5, 0.6) is 0 Å². The van der Waals surface area contributed by atoms with Crippen molar-refractivity contribution < 1.29 is 4.79 Å². The first-order chi connectivity index (χ1) is 18.1. The Labute approximate surface area is 211 Å². The molecule has 2 aromatic carbocycles. The van der Waals surface area contributed by atoms with E-state index < -0.39 is 0 Å². The fourth-order valence-corrected chi connectivity index (χ4v) is 4.54. The summed E-state index contributed by atoms with van der Waals surface area (Å²) in [5, 5.41) is 3.96. The number of nitrogens with zero attached hydrogens (tertiary/aromatic N) is 5. The molecule has 0 saturated heterocycles. The molecule has 4 aromatic heterocycles. The van der Waals surface area contributed by atoms with E-state index in [4.69, 9.17) is 0 Å². The molecule has 0 spiro atoms. The van der Waals surface area contributed by atoms with Crippen molar-refractivity contribution in [3.63, 3.8) is 0 Å². The Morgan fingerprint density at radius 2 is 1.81 bits per heavy atom. The summed E-state index contributed by atoms with van der Waals surface area (Å²) in [7, 11) is 1.87. The number of amides is 1. The highest BCUT2D eigenvalue weighted by Gasteiger charge is 2.16. The molecule has 0 aliphatic carbocycles. The van der Waals surface area contributed by atoms with Crippen LogP contribution in [0.4, 0.5) is 5.69 Å². The van der Waals surface area contributed by atoms with Crippen molar-refractivity contribution in [3.8, 4) is 5.69 Å². The smallest absolute Gasteiger partial charge is 0.278 e. The second kappa shape index (κ2) is 9.16. The molecule has 0 fully saturated rings. The number of aromatic nitrogens is 5. The maximum Gasteiger partial charge on any atom is 0.278 e. The first-order valence-corrected chi connectivity index (χ1v) is 11.8. The van der Waals surface area contributed by atoms with Crippen LogP contribution >= 0.6 is 0 Å². The van der Waals surface area contributed by atoms with Crippen LogP contribution in [0.3, 0.4) is 0 Å². The Hall–Kier alpha value is -5.11. The van der Waals surface area contributed by atoms with Crippen LogP contribution in [0.15, 0.2) is 102 Å². The summed E-state index contributed by atoms with van der Waals surface area (Å²) in [5.41, 5.74) is 4.71. The predicted molar refractivity (Wildman–Crippen MR) is 143 cm³/mol. The largest absolute Gasteiger partial charge is 0.340 e. The van der Waals surface area contributed by atoms with Crippen molar-refractivity contribution in [2.24, 2.45) is 7.05 Å². The van der Waals surface area contributed by atoms with E-state index in [1.807, 2.05) is 66.2 Å². The van der Waals surface area contributed by atoms with Crippen molar-refractivity contribution in [3.05, 3.63) is 125 Å². The zero-order chi connectivity index (χ0) is 25.4. The lowest BCUT2D eigenvalue weighted by atomic mass is 10.1. The maximum absolute atomic E-state index is 13.6. The zero-order valence-corrected chi connectivity index (χ0v) is 20.0. The highest BCUT2D eigenvalue weighted by molar-refractivity contribution is 6.06. The van der Waals surface area contributed by atoms with Gasteiger partial charge in [0.15, 0.2) is 5.65 Å². The molecule has 4 heterocycles. The highest BCUT2D eigenvalue weighted by atomic mass is 16.2. The lowest BCUT2D eigenvalue weighted by molar-refractivity contribution is 0.101. The number of aryl methyl sites for hydroxylation is 1. The van der Waals surface area contributed by atoms with E-state index in [2.05, 4.69) is 20.3 Å². The molecule has 1 amide bonds. The van der Waals surface area contributed by atoms with E-state index in [1.165, 1.54) is 0 Å². The molecule has 0 unspecified atom stereocenters. The van der Waals surface area contributed by atoms with Crippen molar-refractivity contribution in [1.29, 1.82) is 0 Å². The molecular weight excluding hydrogens is 464 g/mol. The minimum absolute atomic E-state index is 0.238. The van der Waals surface area contributed by atoms with Gasteiger partial charge in [-0.05, 0) is 54.1 Å². The zero-order valence-electron chi connectivity index (χ0n) is 20.0. The van der Waals surface area contributed by atoms with E-state index >= 15 is 0 Å². The summed E-state index contributed by atoms with van der Waals surface area (Å²) in [6, 6.07) is 24.2. The average molecular weight is 487 g/mol. The molecule has 0 atom stereocenters. The Balaban J connectivity index is 1.40. The number of hydrogen-bond donors (Lipinski definition) is 1. The lowest BCUT2D eigenvalue weighted by Crippen LogP contribution is -2.25. The molecule has 6 rings (SSSR count). The number of carbonyl (C=O) groups is 1. The minimum atomic E-state index is -0.271. The fraction of sp³-hybridized carbons (Fsp3) is 0.0690. The molecule has 0 saturated carbocycles. The number of anilines is 1. The standard InChI is InChI=1S/C29H22N6O2/c1-34-25-12-3-2-8-20(25)16-26(34)28(36)32-21-9-4-10-22(17-21)35-27-23(11-6-14-31-27)33-24(29(35)37)15-19-7-5-13-30-18-19/h2-14,16-18H,15H2,1H3,(H,32,36). The molecule has 0 radical (unpaired) electrons. The van der Waals surface area contributed by atoms with Gasteiger partial charge in [0.2, 0.25) is 0 Å². The average Bonchev–Trinajstić information content (AvgIpc) is 3.26. The third-order valence-corrected chi connectivity index (χ3v) is 6.32. The third-order valence-electron chi connectivity index (χ3n) is 6.32. The van der Waals surface area contributed by atoms with Gasteiger partial charge < -0.3 is 9.88 Å². The Bertz CT molecular complexity index is 1840. The van der Waals surface area contributed by atoms with Gasteiger partial charge in [0.25, 0.3) is 11.5 Å². The summed E-state index contributed by atoms with van der Waals surface area (Å²) < 4.78 is 3.41. The molecular formula is C29H22N6O2. The summed E-state index contributed by atoms with van der Waals surface area (Å²) in [4.78, 5) is 40.0. The molecule has 37 heavy (non-hydrogen) atoms. The molecule has 0 aliphatic rings. The van der Waals surface area contributed by atoms with E-state index in [9.17, 15) is 9.59 Å². The Morgan fingerprint density at radius 3 is 2.65 bits per heavy atom. The van der Waals surface area contributed by atoms with Crippen molar-refractivity contribution in [2.75, 3.05) is 5.32 Å². The predicted octanol–water partition coefficient (Wildman–Crippen LogP) is 4.51. The van der Waals surface area contributed by atoms with Crippen LogP contribution in [-0.2, 0) is 13.5 Å². The number of rotatable bonds is 5. The second-order valence-corrected chi connectivity index (χ2v) is 8.74. The minimum Gasteiger partial charge on any atom is -0.340 e. The van der Waals surface area contributed by atoms with Gasteiger partial charge in [-0.15, -0.1) is 0 Å². The summed E-state index contributed by atoms with van der Waals surface area (Å²) in [6.45, 7) is 0. The lowest BCUT2D eigenvalue weighted by Gasteiger charge is -2.13. The SMILES string of the molecule is Cn1c(C(=O)Nc2cccc(-n3c(=O)c(Cc4cccnc4)nc4cccnc43)c2)cc2ccccc21. The Morgan fingerprint density at radius 1 is 0.946 bits per heavy atom. The number of nitrogens with one attached hydrogen (secondary N) is 1. The molecule has 8 nitrogen and oxygen atoms in total. The van der Waals surface area contributed by atoms with Crippen LogP contribution in [-0.4, -0.2) is 30.0 Å². The number of hydrogen-bond acceptors (Lipinski definition) is 5. The molecule has 1 N–H and O–H groups in total. The van der Waals surface area contributed by atoms with Crippen molar-refractivity contribution in [2.45, 2.75) is 6.42 Å². The van der Waals surface area contributed by atoms with E-state index in [1.54, 1.807) is 47.4 Å². The molecule has 180 valence electrons. The topological polar surface area (TPSA) is 94.7 Å². The van der Waals surface area contributed by atoms with Gasteiger partial charge in [0.05, 0.1) is 5.69 Å². The number of fused-ring (bicyclic) bond motifs is 2. The van der Waals surface area contributed by atoms with Crippen molar-refractivity contribution in [1.82, 2.24) is 24.1 Å². The van der Waals surface area contributed by atoms with Gasteiger partial charge in [-0.2, -0.15) is 0 Å². The van der Waals surface area contributed by atoms with Crippen LogP contribution in [0.1, 0.15) is 21.7 Å². The number of pyridine rings is 2. The second-order valence-electron chi connectivity index (χ2n) is 8.74. The summed E-state index contributed by atoms with van der Waals surface area (Å²) in [6.07, 6.45) is 5.39. The van der Waals surface area contributed by atoms with Gasteiger partial charge in [-0.25, -0.2) is 9.97 Å². The molecule has 6 aromatic rings. The normalized spacial score (nSPS) is 11.2. The molecule has 0 bridgehead atoms. The molecule has 8 heteroatoms. The maximum atomic E-state index is 13.6. The van der Waals surface area contributed by atoms with Crippen LogP contribution in [0.2, 0.25) is 0 Å². The van der Waals surface area contributed by atoms with Gasteiger partial charge in [-0.3, -0.25) is 19.1 Å². The number of para-hydroxylation sites is 1. The highest BCUT2D eigenvalue weighted by Crippen LogP contribution is 2.22. The fourth-order valence-electron chi connectivity index (χ4n) is 4.54. The first kappa shape index (κ1) is 22.4.